The van der Waals surface area contributed by atoms with Crippen LogP contribution in [0.25, 0.3) is 0 Å². The van der Waals surface area contributed by atoms with Crippen LogP contribution in [-0.4, -0.2) is 11.7 Å². The van der Waals surface area contributed by atoms with Crippen LogP contribution in [0.1, 0.15) is 42.7 Å². The molecular formula is C14H20O. The molecule has 1 heteroatoms. The average Bonchev–Trinajstić information content (AvgIpc) is 2.75. The smallest absolute Gasteiger partial charge is 0.0502 e. The monoisotopic (exact) mass is 204 g/mol. The van der Waals surface area contributed by atoms with Gasteiger partial charge in [0, 0.05) is 5.92 Å². The number of aliphatic hydroxyl groups excluding tert-OH is 1. The maximum Gasteiger partial charge on any atom is 0.0502 e. The second-order valence-electron chi connectivity index (χ2n) is 4.74. The Labute approximate surface area is 92.1 Å². The van der Waals surface area contributed by atoms with Crippen molar-refractivity contribution in [3.05, 3.63) is 35.4 Å². The molecule has 1 nitrogen and oxygen atoms in total. The van der Waals surface area contributed by atoms with Gasteiger partial charge in [-0.05, 0) is 31.2 Å². The Morgan fingerprint density at radius 2 is 1.80 bits per heavy atom. The van der Waals surface area contributed by atoms with E-state index < -0.39 is 0 Å². The van der Waals surface area contributed by atoms with E-state index in [1.807, 2.05) is 0 Å². The Morgan fingerprint density at radius 1 is 1.20 bits per heavy atom. The van der Waals surface area contributed by atoms with Crippen molar-refractivity contribution in [3.63, 3.8) is 0 Å². The Hall–Kier alpha value is -0.820. The minimum Gasteiger partial charge on any atom is -0.396 e. The lowest BCUT2D eigenvalue weighted by molar-refractivity contribution is 0.226. The summed E-state index contributed by atoms with van der Waals surface area (Å²) in [5, 5.41) is 9.51. The lowest BCUT2D eigenvalue weighted by Crippen LogP contribution is -2.13. The van der Waals surface area contributed by atoms with Gasteiger partial charge in [0.05, 0.1) is 6.61 Å². The van der Waals surface area contributed by atoms with Crippen LogP contribution in [0, 0.1) is 12.8 Å². The predicted octanol–water partition coefficient (Wildman–Crippen LogP) is 3.26. The van der Waals surface area contributed by atoms with E-state index >= 15 is 0 Å². The first-order chi connectivity index (χ1) is 7.31. The maximum absolute atomic E-state index is 9.51. The van der Waals surface area contributed by atoms with Crippen LogP contribution in [0.15, 0.2) is 24.3 Å². The highest BCUT2D eigenvalue weighted by Gasteiger charge is 2.25. The van der Waals surface area contributed by atoms with Gasteiger partial charge in [-0.25, -0.2) is 0 Å². The number of benzene rings is 1. The normalized spacial score (nSPS) is 19.3. The fourth-order valence-corrected chi connectivity index (χ4v) is 2.70. The molecule has 0 aromatic heterocycles. The first-order valence-corrected chi connectivity index (χ1v) is 5.98. The largest absolute Gasteiger partial charge is 0.396 e. The van der Waals surface area contributed by atoms with E-state index in [0.717, 1.165) is 0 Å². The Morgan fingerprint density at radius 3 is 2.33 bits per heavy atom. The minimum absolute atomic E-state index is 0.299. The molecule has 1 saturated carbocycles. The molecule has 0 heterocycles. The topological polar surface area (TPSA) is 20.2 Å². The molecule has 1 aliphatic rings. The maximum atomic E-state index is 9.51. The molecule has 0 spiro atoms. The molecule has 15 heavy (non-hydrogen) atoms. The Kier molecular flexibility index (Phi) is 3.42. The molecule has 0 radical (unpaired) electrons. The van der Waals surface area contributed by atoms with Crippen molar-refractivity contribution in [2.75, 3.05) is 6.61 Å². The Balaban J connectivity index is 2.14. The van der Waals surface area contributed by atoms with Gasteiger partial charge < -0.3 is 5.11 Å². The van der Waals surface area contributed by atoms with Gasteiger partial charge in [0.2, 0.25) is 0 Å². The van der Waals surface area contributed by atoms with E-state index in [1.165, 1.54) is 36.8 Å². The van der Waals surface area contributed by atoms with E-state index in [0.29, 0.717) is 18.4 Å². The molecule has 1 aromatic rings. The number of rotatable bonds is 3. The highest BCUT2D eigenvalue weighted by molar-refractivity contribution is 5.25. The van der Waals surface area contributed by atoms with Gasteiger partial charge >= 0.3 is 0 Å². The van der Waals surface area contributed by atoms with Crippen LogP contribution >= 0.6 is 0 Å². The second-order valence-corrected chi connectivity index (χ2v) is 4.74. The zero-order valence-electron chi connectivity index (χ0n) is 9.45. The highest BCUT2D eigenvalue weighted by atomic mass is 16.3. The first kappa shape index (κ1) is 10.7. The van der Waals surface area contributed by atoms with Gasteiger partial charge in [0.1, 0.15) is 0 Å². The number of aryl methyl sites for hydroxylation is 1. The third-order valence-electron chi connectivity index (χ3n) is 3.67. The van der Waals surface area contributed by atoms with Crippen molar-refractivity contribution in [1.82, 2.24) is 0 Å². The molecule has 0 amide bonds. The summed E-state index contributed by atoms with van der Waals surface area (Å²) in [6, 6.07) is 8.64. The summed E-state index contributed by atoms with van der Waals surface area (Å²) in [4.78, 5) is 0. The fourth-order valence-electron chi connectivity index (χ4n) is 2.70. The molecular weight excluding hydrogens is 184 g/mol. The van der Waals surface area contributed by atoms with Crippen LogP contribution in [0.2, 0.25) is 0 Å². The molecule has 1 N–H and O–H groups in total. The molecule has 0 aliphatic heterocycles. The minimum atomic E-state index is 0.299. The summed E-state index contributed by atoms with van der Waals surface area (Å²) in [5.74, 6) is 1.07. The van der Waals surface area contributed by atoms with Gasteiger partial charge in [0.15, 0.2) is 0 Å². The van der Waals surface area contributed by atoms with Gasteiger partial charge in [-0.15, -0.1) is 0 Å². The van der Waals surface area contributed by atoms with Gasteiger partial charge in [-0.2, -0.15) is 0 Å². The van der Waals surface area contributed by atoms with Crippen molar-refractivity contribution in [2.45, 2.75) is 38.5 Å². The Bertz CT molecular complexity index is 296. The van der Waals surface area contributed by atoms with Crippen LogP contribution in [0.4, 0.5) is 0 Å². The summed E-state index contributed by atoms with van der Waals surface area (Å²) in [7, 11) is 0. The van der Waals surface area contributed by atoms with Crippen molar-refractivity contribution in [1.29, 1.82) is 0 Å². The molecule has 2 rings (SSSR count). The molecule has 1 atom stereocenters. The lowest BCUT2D eigenvalue weighted by atomic mass is 9.85. The van der Waals surface area contributed by atoms with Crippen molar-refractivity contribution < 1.29 is 5.11 Å². The zero-order chi connectivity index (χ0) is 10.7. The van der Waals surface area contributed by atoms with E-state index in [9.17, 15) is 5.11 Å². The molecule has 1 fully saturated rings. The summed E-state index contributed by atoms with van der Waals surface area (Å²) < 4.78 is 0. The summed E-state index contributed by atoms with van der Waals surface area (Å²) in [6.07, 6.45) is 5.26. The van der Waals surface area contributed by atoms with Crippen LogP contribution in [0.5, 0.6) is 0 Å². The third-order valence-corrected chi connectivity index (χ3v) is 3.67. The number of aliphatic hydroxyl groups is 1. The average molecular weight is 204 g/mol. The standard InChI is InChI=1S/C14H20O/c1-11-6-8-13(9-7-11)14(10-15)12-4-2-3-5-12/h6-9,12,14-15H,2-5,10H2,1H3. The van der Waals surface area contributed by atoms with Crippen LogP contribution in [-0.2, 0) is 0 Å². The van der Waals surface area contributed by atoms with Crippen LogP contribution < -0.4 is 0 Å². The van der Waals surface area contributed by atoms with Crippen molar-refractivity contribution >= 4 is 0 Å². The number of hydrogen-bond acceptors (Lipinski definition) is 1. The molecule has 82 valence electrons. The number of hydrogen-bond donors (Lipinski definition) is 1. The summed E-state index contributed by atoms with van der Waals surface area (Å²) in [6.45, 7) is 2.40. The fraction of sp³-hybridized carbons (Fsp3) is 0.571. The molecule has 1 aromatic carbocycles. The van der Waals surface area contributed by atoms with Gasteiger partial charge in [-0.3, -0.25) is 0 Å². The van der Waals surface area contributed by atoms with E-state index in [4.69, 9.17) is 0 Å². The predicted molar refractivity (Wildman–Crippen MR) is 63.0 cm³/mol. The summed E-state index contributed by atoms with van der Waals surface area (Å²) >= 11 is 0. The third kappa shape index (κ3) is 2.40. The quantitative estimate of drug-likeness (QED) is 0.801. The van der Waals surface area contributed by atoms with E-state index in [2.05, 4.69) is 31.2 Å². The molecule has 0 saturated heterocycles. The highest BCUT2D eigenvalue weighted by Crippen LogP contribution is 2.36. The van der Waals surface area contributed by atoms with Gasteiger partial charge in [0.25, 0.3) is 0 Å². The van der Waals surface area contributed by atoms with Crippen molar-refractivity contribution in [2.24, 2.45) is 5.92 Å². The van der Waals surface area contributed by atoms with Crippen molar-refractivity contribution in [3.8, 4) is 0 Å². The zero-order valence-corrected chi connectivity index (χ0v) is 9.45. The molecule has 1 aliphatic carbocycles. The van der Waals surface area contributed by atoms with E-state index in [-0.39, 0.29) is 0 Å². The van der Waals surface area contributed by atoms with E-state index in [1.54, 1.807) is 0 Å². The second kappa shape index (κ2) is 4.80. The van der Waals surface area contributed by atoms with Crippen LogP contribution in [0.3, 0.4) is 0 Å². The molecule has 1 unspecified atom stereocenters. The SMILES string of the molecule is Cc1ccc(C(CO)C2CCCC2)cc1. The van der Waals surface area contributed by atoms with Gasteiger partial charge in [-0.1, -0.05) is 42.7 Å². The lowest BCUT2D eigenvalue weighted by Gasteiger charge is -2.21. The summed E-state index contributed by atoms with van der Waals surface area (Å²) in [5.41, 5.74) is 2.61. The first-order valence-electron chi connectivity index (χ1n) is 5.98. The molecule has 0 bridgehead atoms.